The average molecular weight is 384 g/mol. The van der Waals surface area contributed by atoms with Gasteiger partial charge in [0.1, 0.15) is 23.2 Å². The molecular formula is C21H28N4O3. The number of nitrogens with zero attached hydrogens (tertiary/aromatic N) is 3. The maximum atomic E-state index is 5.82. The summed E-state index contributed by atoms with van der Waals surface area (Å²) < 4.78 is 16.8. The van der Waals surface area contributed by atoms with Crippen LogP contribution in [-0.2, 0) is 15.9 Å². The van der Waals surface area contributed by atoms with Gasteiger partial charge in [0, 0.05) is 38.5 Å². The summed E-state index contributed by atoms with van der Waals surface area (Å²) in [5.41, 5.74) is 1.26. The van der Waals surface area contributed by atoms with E-state index in [0.29, 0.717) is 13.2 Å². The summed E-state index contributed by atoms with van der Waals surface area (Å²) >= 11 is 0. The molecule has 7 heteroatoms. The summed E-state index contributed by atoms with van der Waals surface area (Å²) in [6, 6.07) is 10.2. The van der Waals surface area contributed by atoms with E-state index < -0.39 is 0 Å². The number of piperidine rings is 1. The summed E-state index contributed by atoms with van der Waals surface area (Å²) in [5.74, 6) is 3.12. The van der Waals surface area contributed by atoms with E-state index in [1.807, 2.05) is 25.1 Å². The van der Waals surface area contributed by atoms with Crippen LogP contribution in [0.1, 0.15) is 24.2 Å². The Morgan fingerprint density at radius 1 is 1.11 bits per heavy atom. The number of hydrogen-bond donors (Lipinski definition) is 1. The van der Waals surface area contributed by atoms with Gasteiger partial charge in [-0.2, -0.15) is 0 Å². The topological polar surface area (TPSA) is 68.7 Å². The summed E-state index contributed by atoms with van der Waals surface area (Å²) in [7, 11) is 1.68. The van der Waals surface area contributed by atoms with Crippen LogP contribution in [0.2, 0.25) is 0 Å². The van der Waals surface area contributed by atoms with Crippen LogP contribution in [0.25, 0.3) is 0 Å². The van der Waals surface area contributed by atoms with Crippen LogP contribution in [0.4, 0.5) is 11.6 Å². The molecule has 0 bridgehead atoms. The van der Waals surface area contributed by atoms with Gasteiger partial charge < -0.3 is 24.4 Å². The second kappa shape index (κ2) is 8.32. The van der Waals surface area contributed by atoms with Crippen molar-refractivity contribution in [1.82, 2.24) is 9.97 Å². The number of anilines is 2. The van der Waals surface area contributed by atoms with Crippen molar-refractivity contribution < 1.29 is 14.2 Å². The number of methoxy groups -OCH3 is 1. The molecule has 1 spiro atoms. The molecule has 4 rings (SSSR count). The highest BCUT2D eigenvalue weighted by atomic mass is 16.7. The zero-order valence-electron chi connectivity index (χ0n) is 16.6. The second-order valence-electron chi connectivity index (χ2n) is 7.28. The third-order valence-corrected chi connectivity index (χ3v) is 5.37. The van der Waals surface area contributed by atoms with Crippen molar-refractivity contribution >= 4 is 11.6 Å². The van der Waals surface area contributed by atoms with Crippen LogP contribution in [0.15, 0.2) is 30.3 Å². The normalized spacial score (nSPS) is 18.4. The van der Waals surface area contributed by atoms with Crippen molar-refractivity contribution in [2.75, 3.05) is 50.2 Å². The number of aryl methyl sites for hydroxylation is 1. The van der Waals surface area contributed by atoms with E-state index in [1.54, 1.807) is 7.11 Å². The molecule has 2 aliphatic heterocycles. The fourth-order valence-electron chi connectivity index (χ4n) is 3.79. The fraction of sp³-hybridized carbons (Fsp3) is 0.524. The largest absolute Gasteiger partial charge is 0.497 e. The Labute approximate surface area is 166 Å². The smallest absolute Gasteiger partial charge is 0.171 e. The first kappa shape index (κ1) is 19.0. The number of aromatic nitrogens is 2. The lowest BCUT2D eigenvalue weighted by atomic mass is 10.0. The highest BCUT2D eigenvalue weighted by Gasteiger charge is 2.40. The molecule has 0 saturated carbocycles. The van der Waals surface area contributed by atoms with Crippen LogP contribution in [0.5, 0.6) is 5.75 Å². The molecule has 2 fully saturated rings. The molecular weight excluding hydrogens is 356 g/mol. The Morgan fingerprint density at radius 2 is 1.82 bits per heavy atom. The standard InChI is InChI=1S/C21H28N4O3/c1-16-23-19(22-10-7-17-3-5-18(26-2)6-4-17)15-20(24-16)25-11-8-21(9-12-25)27-13-14-28-21/h3-6,15H,7-14H2,1-2H3,(H,22,23,24). The van der Waals surface area contributed by atoms with Crippen LogP contribution < -0.4 is 15.0 Å². The first-order chi connectivity index (χ1) is 13.7. The number of ether oxygens (including phenoxy) is 3. The highest BCUT2D eigenvalue weighted by Crippen LogP contribution is 2.33. The van der Waals surface area contributed by atoms with E-state index in [-0.39, 0.29) is 5.79 Å². The molecule has 1 aromatic carbocycles. The Hall–Kier alpha value is -2.38. The van der Waals surface area contributed by atoms with E-state index in [2.05, 4.69) is 32.3 Å². The van der Waals surface area contributed by atoms with E-state index in [0.717, 1.165) is 62.1 Å². The minimum atomic E-state index is -0.363. The van der Waals surface area contributed by atoms with E-state index in [9.17, 15) is 0 Å². The molecule has 1 N–H and O–H groups in total. The van der Waals surface area contributed by atoms with Gasteiger partial charge in [0.2, 0.25) is 0 Å². The lowest BCUT2D eigenvalue weighted by Crippen LogP contribution is -2.45. The van der Waals surface area contributed by atoms with Gasteiger partial charge in [0.15, 0.2) is 5.79 Å². The van der Waals surface area contributed by atoms with Gasteiger partial charge in [0.05, 0.1) is 20.3 Å². The summed E-state index contributed by atoms with van der Waals surface area (Å²) in [6.45, 7) is 5.91. The average Bonchev–Trinajstić information content (AvgIpc) is 3.16. The molecule has 0 aliphatic carbocycles. The number of nitrogens with one attached hydrogen (secondary N) is 1. The number of benzene rings is 1. The molecule has 150 valence electrons. The molecule has 3 heterocycles. The Kier molecular flexibility index (Phi) is 5.64. The van der Waals surface area contributed by atoms with Crippen LogP contribution >= 0.6 is 0 Å². The molecule has 0 radical (unpaired) electrons. The van der Waals surface area contributed by atoms with Gasteiger partial charge in [-0.1, -0.05) is 12.1 Å². The number of hydrogen-bond acceptors (Lipinski definition) is 7. The Morgan fingerprint density at radius 3 is 2.50 bits per heavy atom. The first-order valence-corrected chi connectivity index (χ1v) is 9.91. The van der Waals surface area contributed by atoms with Crippen LogP contribution in [0, 0.1) is 6.92 Å². The lowest BCUT2D eigenvalue weighted by molar-refractivity contribution is -0.169. The maximum absolute atomic E-state index is 5.82. The summed E-state index contributed by atoms with van der Waals surface area (Å²) in [5, 5.41) is 3.43. The predicted molar refractivity (Wildman–Crippen MR) is 108 cm³/mol. The molecule has 0 amide bonds. The molecule has 2 aromatic rings. The molecule has 0 unspecified atom stereocenters. The van der Waals surface area contributed by atoms with Crippen LogP contribution in [0.3, 0.4) is 0 Å². The minimum absolute atomic E-state index is 0.363. The van der Waals surface area contributed by atoms with Gasteiger partial charge in [0.25, 0.3) is 0 Å². The van der Waals surface area contributed by atoms with Gasteiger partial charge in [-0.15, -0.1) is 0 Å². The van der Waals surface area contributed by atoms with Gasteiger partial charge >= 0.3 is 0 Å². The van der Waals surface area contributed by atoms with Crippen LogP contribution in [-0.4, -0.2) is 55.7 Å². The first-order valence-electron chi connectivity index (χ1n) is 9.91. The Balaban J connectivity index is 1.34. The second-order valence-corrected chi connectivity index (χ2v) is 7.28. The molecule has 0 atom stereocenters. The molecule has 2 saturated heterocycles. The third-order valence-electron chi connectivity index (χ3n) is 5.37. The van der Waals surface area contributed by atoms with Crippen molar-refractivity contribution in [1.29, 1.82) is 0 Å². The van der Waals surface area contributed by atoms with Gasteiger partial charge in [-0.25, -0.2) is 9.97 Å². The zero-order valence-corrected chi connectivity index (χ0v) is 16.6. The predicted octanol–water partition coefficient (Wildman–Crippen LogP) is 2.79. The summed E-state index contributed by atoms with van der Waals surface area (Å²) in [6.07, 6.45) is 2.66. The van der Waals surface area contributed by atoms with E-state index in [1.165, 1.54) is 5.56 Å². The zero-order chi connectivity index (χ0) is 19.4. The van der Waals surface area contributed by atoms with Crippen molar-refractivity contribution in [3.05, 3.63) is 41.7 Å². The third kappa shape index (κ3) is 4.36. The monoisotopic (exact) mass is 384 g/mol. The van der Waals surface area contributed by atoms with E-state index in [4.69, 9.17) is 14.2 Å². The van der Waals surface area contributed by atoms with Crippen molar-refractivity contribution in [2.45, 2.75) is 32.0 Å². The molecule has 28 heavy (non-hydrogen) atoms. The van der Waals surface area contributed by atoms with Crippen molar-refractivity contribution in [3.63, 3.8) is 0 Å². The van der Waals surface area contributed by atoms with E-state index >= 15 is 0 Å². The Bertz CT molecular complexity index is 781. The maximum Gasteiger partial charge on any atom is 0.171 e. The molecule has 2 aliphatic rings. The lowest BCUT2D eigenvalue weighted by Gasteiger charge is -2.38. The highest BCUT2D eigenvalue weighted by molar-refractivity contribution is 5.50. The minimum Gasteiger partial charge on any atom is -0.497 e. The van der Waals surface area contributed by atoms with Gasteiger partial charge in [-0.3, -0.25) is 0 Å². The SMILES string of the molecule is COc1ccc(CCNc2cc(N3CCC4(CC3)OCCO4)nc(C)n2)cc1. The van der Waals surface area contributed by atoms with Crippen molar-refractivity contribution in [2.24, 2.45) is 0 Å². The molecule has 7 nitrogen and oxygen atoms in total. The fourth-order valence-corrected chi connectivity index (χ4v) is 3.79. The molecule has 1 aromatic heterocycles. The van der Waals surface area contributed by atoms with Gasteiger partial charge in [-0.05, 0) is 31.0 Å². The van der Waals surface area contributed by atoms with Crippen molar-refractivity contribution in [3.8, 4) is 5.75 Å². The summed E-state index contributed by atoms with van der Waals surface area (Å²) in [4.78, 5) is 11.5. The number of rotatable bonds is 6. The quantitative estimate of drug-likeness (QED) is 0.821.